The van der Waals surface area contributed by atoms with Crippen LogP contribution in [0.5, 0.6) is 0 Å². The van der Waals surface area contributed by atoms with Crippen molar-refractivity contribution >= 4 is 21.6 Å². The van der Waals surface area contributed by atoms with E-state index >= 15 is 0 Å². The van der Waals surface area contributed by atoms with Crippen LogP contribution in [-0.4, -0.2) is 0 Å². The lowest BCUT2D eigenvalue weighted by Gasteiger charge is -1.92. The highest BCUT2D eigenvalue weighted by Gasteiger charge is 2.01. The van der Waals surface area contributed by atoms with Crippen LogP contribution in [-0.2, 0) is 6.54 Å². The molecule has 0 radical (unpaired) electrons. The third-order valence-electron chi connectivity index (χ3n) is 1.63. The largest absolute Gasteiger partial charge is 0.414 e. The molecular weight excluding hydrogens is 174 g/mol. The number of hydrogen-bond donors (Lipinski definition) is 1. The van der Waals surface area contributed by atoms with Gasteiger partial charge in [-0.1, -0.05) is 17.4 Å². The molecule has 3 nitrogen and oxygen atoms in total. The molecule has 1 heterocycles. The summed E-state index contributed by atoms with van der Waals surface area (Å²) in [4.78, 5) is 10.5. The van der Waals surface area contributed by atoms with Crippen LogP contribution >= 0.6 is 11.3 Å². The van der Waals surface area contributed by atoms with E-state index in [4.69, 9.17) is 10.2 Å². The van der Waals surface area contributed by atoms with E-state index < -0.39 is 0 Å². The van der Waals surface area contributed by atoms with Crippen LogP contribution in [0.3, 0.4) is 0 Å². The number of nitrogens with two attached hydrogens (primary N) is 1. The van der Waals surface area contributed by atoms with Gasteiger partial charge in [-0.3, -0.25) is 0 Å². The summed E-state index contributed by atoms with van der Waals surface area (Å²) in [6, 6.07) is 5.55. The summed E-state index contributed by atoms with van der Waals surface area (Å²) in [6.07, 6.45) is 0. The van der Waals surface area contributed by atoms with E-state index in [1.807, 2.05) is 12.1 Å². The van der Waals surface area contributed by atoms with Crippen molar-refractivity contribution in [3.05, 3.63) is 33.5 Å². The molecule has 0 amide bonds. The molecule has 0 aliphatic carbocycles. The average Bonchev–Trinajstić information content (AvgIpc) is 2.43. The third-order valence-corrected chi connectivity index (χ3v) is 2.44. The SMILES string of the molecule is NCc1ccc2sc(=O)oc2c1. The van der Waals surface area contributed by atoms with E-state index in [0.29, 0.717) is 12.1 Å². The Balaban J connectivity index is 2.74. The van der Waals surface area contributed by atoms with Crippen molar-refractivity contribution in [2.75, 3.05) is 0 Å². The second-order valence-corrected chi connectivity index (χ2v) is 3.42. The maximum absolute atomic E-state index is 10.8. The first-order chi connectivity index (χ1) is 5.79. The summed E-state index contributed by atoms with van der Waals surface area (Å²) in [6.45, 7) is 0.468. The van der Waals surface area contributed by atoms with Gasteiger partial charge < -0.3 is 10.2 Å². The van der Waals surface area contributed by atoms with E-state index in [2.05, 4.69) is 0 Å². The van der Waals surface area contributed by atoms with Gasteiger partial charge in [-0.05, 0) is 17.7 Å². The van der Waals surface area contributed by atoms with Crippen LogP contribution in [0.4, 0.5) is 0 Å². The lowest BCUT2D eigenvalue weighted by Crippen LogP contribution is -1.94. The Hall–Kier alpha value is -1.13. The minimum Gasteiger partial charge on any atom is -0.414 e. The van der Waals surface area contributed by atoms with Crippen LogP contribution in [0.1, 0.15) is 5.56 Å². The molecule has 0 atom stereocenters. The van der Waals surface area contributed by atoms with Gasteiger partial charge in [-0.25, -0.2) is 4.79 Å². The van der Waals surface area contributed by atoms with Crippen molar-refractivity contribution in [2.45, 2.75) is 6.54 Å². The Kier molecular flexibility index (Phi) is 1.71. The van der Waals surface area contributed by atoms with Gasteiger partial charge in [0.1, 0.15) is 5.58 Å². The monoisotopic (exact) mass is 181 g/mol. The molecule has 0 saturated heterocycles. The molecule has 0 spiro atoms. The van der Waals surface area contributed by atoms with Crippen LogP contribution in [0.25, 0.3) is 10.3 Å². The Morgan fingerprint density at radius 2 is 2.33 bits per heavy atom. The van der Waals surface area contributed by atoms with Crippen LogP contribution in [0.15, 0.2) is 27.4 Å². The standard InChI is InChI=1S/C8H7NO2S/c9-4-5-1-2-7-6(3-5)11-8(10)12-7/h1-3H,4,9H2. The molecule has 12 heavy (non-hydrogen) atoms. The molecule has 1 aromatic carbocycles. The van der Waals surface area contributed by atoms with Gasteiger partial charge in [0, 0.05) is 6.54 Å². The van der Waals surface area contributed by atoms with Crippen molar-refractivity contribution in [1.82, 2.24) is 0 Å². The first-order valence-corrected chi connectivity index (χ1v) is 4.34. The normalized spacial score (nSPS) is 10.8. The van der Waals surface area contributed by atoms with Crippen molar-refractivity contribution in [2.24, 2.45) is 5.73 Å². The molecule has 0 bridgehead atoms. The zero-order chi connectivity index (χ0) is 8.55. The summed E-state index contributed by atoms with van der Waals surface area (Å²) in [7, 11) is 0. The zero-order valence-corrected chi connectivity index (χ0v) is 7.06. The Labute approximate surface area is 72.4 Å². The van der Waals surface area contributed by atoms with E-state index in [1.54, 1.807) is 6.07 Å². The summed E-state index contributed by atoms with van der Waals surface area (Å²) < 4.78 is 5.79. The average molecular weight is 181 g/mol. The lowest BCUT2D eigenvalue weighted by molar-refractivity contribution is 0.585. The molecule has 0 unspecified atom stereocenters. The van der Waals surface area contributed by atoms with Gasteiger partial charge in [0.15, 0.2) is 0 Å². The Morgan fingerprint density at radius 1 is 1.50 bits per heavy atom. The van der Waals surface area contributed by atoms with Crippen molar-refractivity contribution < 1.29 is 4.42 Å². The fraction of sp³-hybridized carbons (Fsp3) is 0.125. The van der Waals surface area contributed by atoms with E-state index in [9.17, 15) is 4.79 Å². The highest BCUT2D eigenvalue weighted by atomic mass is 32.1. The molecule has 0 saturated carbocycles. The maximum atomic E-state index is 10.8. The van der Waals surface area contributed by atoms with Crippen LogP contribution in [0.2, 0.25) is 0 Å². The second kappa shape index (κ2) is 2.73. The first kappa shape index (κ1) is 7.52. The van der Waals surface area contributed by atoms with E-state index in [0.717, 1.165) is 21.6 Å². The summed E-state index contributed by atoms with van der Waals surface area (Å²) >= 11 is 1.11. The van der Waals surface area contributed by atoms with Gasteiger partial charge in [0.05, 0.1) is 4.70 Å². The van der Waals surface area contributed by atoms with Crippen LogP contribution in [0, 0.1) is 0 Å². The molecule has 1 aromatic heterocycles. The summed E-state index contributed by atoms with van der Waals surface area (Å²) in [5, 5.41) is 0. The number of fused-ring (bicyclic) bond motifs is 1. The molecule has 0 fully saturated rings. The first-order valence-electron chi connectivity index (χ1n) is 3.52. The van der Waals surface area contributed by atoms with Crippen molar-refractivity contribution in [1.29, 1.82) is 0 Å². The third kappa shape index (κ3) is 1.15. The fourth-order valence-electron chi connectivity index (χ4n) is 1.04. The minimum atomic E-state index is -0.265. The Morgan fingerprint density at radius 3 is 3.08 bits per heavy atom. The smallest absolute Gasteiger partial charge is 0.396 e. The van der Waals surface area contributed by atoms with E-state index in [-0.39, 0.29) is 4.94 Å². The maximum Gasteiger partial charge on any atom is 0.396 e. The summed E-state index contributed by atoms with van der Waals surface area (Å²) in [5.74, 6) is 0. The number of rotatable bonds is 1. The molecule has 0 aliphatic heterocycles. The summed E-state index contributed by atoms with van der Waals surface area (Å²) in [5.41, 5.74) is 7.04. The zero-order valence-electron chi connectivity index (χ0n) is 6.24. The second-order valence-electron chi connectivity index (χ2n) is 2.44. The molecule has 2 rings (SSSR count). The van der Waals surface area contributed by atoms with Gasteiger partial charge in [-0.2, -0.15) is 0 Å². The van der Waals surface area contributed by atoms with Gasteiger partial charge >= 0.3 is 4.94 Å². The predicted molar refractivity (Wildman–Crippen MR) is 48.3 cm³/mol. The molecule has 0 aliphatic rings. The molecule has 2 N–H and O–H groups in total. The van der Waals surface area contributed by atoms with Crippen molar-refractivity contribution in [3.8, 4) is 0 Å². The van der Waals surface area contributed by atoms with Crippen molar-refractivity contribution in [3.63, 3.8) is 0 Å². The highest BCUT2D eigenvalue weighted by Crippen LogP contribution is 2.17. The quantitative estimate of drug-likeness (QED) is 0.721. The van der Waals surface area contributed by atoms with Gasteiger partial charge in [0.25, 0.3) is 0 Å². The van der Waals surface area contributed by atoms with Gasteiger partial charge in [-0.15, -0.1) is 0 Å². The number of hydrogen-bond acceptors (Lipinski definition) is 4. The van der Waals surface area contributed by atoms with Crippen LogP contribution < -0.4 is 10.7 Å². The minimum absolute atomic E-state index is 0.265. The molecule has 62 valence electrons. The van der Waals surface area contributed by atoms with Gasteiger partial charge in [0.2, 0.25) is 0 Å². The highest BCUT2D eigenvalue weighted by molar-refractivity contribution is 7.16. The molecular formula is C8H7NO2S. The fourth-order valence-corrected chi connectivity index (χ4v) is 1.69. The molecule has 4 heteroatoms. The molecule has 2 aromatic rings. The lowest BCUT2D eigenvalue weighted by atomic mass is 10.2. The predicted octanol–water partition coefficient (Wildman–Crippen LogP) is 1.31. The topological polar surface area (TPSA) is 56.2 Å². The number of benzene rings is 1. The van der Waals surface area contributed by atoms with E-state index in [1.165, 1.54) is 0 Å². The Bertz CT molecular complexity index is 457.